The molecule has 102 valence electrons. The van der Waals surface area contributed by atoms with E-state index in [9.17, 15) is 9.59 Å². The third-order valence-electron chi connectivity index (χ3n) is 3.10. The minimum Gasteiger partial charge on any atom is -0.480 e. The van der Waals surface area contributed by atoms with Crippen molar-refractivity contribution in [1.82, 2.24) is 9.80 Å². The van der Waals surface area contributed by atoms with E-state index in [-0.39, 0.29) is 18.2 Å². The third-order valence-corrected chi connectivity index (χ3v) is 4.12. The SMILES string of the molecule is C[C@@H]1CN(C(=O)N2CSCC2C(=O)O)C[C@H](C)O1. The van der Waals surface area contributed by atoms with Crippen LogP contribution in [0.25, 0.3) is 0 Å². The van der Waals surface area contributed by atoms with Crippen molar-refractivity contribution >= 4 is 23.8 Å². The van der Waals surface area contributed by atoms with Gasteiger partial charge in [0.1, 0.15) is 6.04 Å². The fourth-order valence-corrected chi connectivity index (χ4v) is 3.49. The van der Waals surface area contributed by atoms with Gasteiger partial charge in [-0.15, -0.1) is 11.8 Å². The monoisotopic (exact) mass is 274 g/mol. The van der Waals surface area contributed by atoms with Gasteiger partial charge >= 0.3 is 12.0 Å². The molecule has 0 spiro atoms. The summed E-state index contributed by atoms with van der Waals surface area (Å²) in [4.78, 5) is 26.5. The molecule has 0 aromatic rings. The van der Waals surface area contributed by atoms with Crippen LogP contribution in [0.2, 0.25) is 0 Å². The summed E-state index contributed by atoms with van der Waals surface area (Å²) in [5.74, 6) is -0.00499. The summed E-state index contributed by atoms with van der Waals surface area (Å²) < 4.78 is 5.57. The Balaban J connectivity index is 2.04. The predicted molar refractivity (Wildman–Crippen MR) is 67.6 cm³/mol. The molecule has 7 heteroatoms. The zero-order valence-electron chi connectivity index (χ0n) is 10.5. The zero-order valence-corrected chi connectivity index (χ0v) is 11.4. The second-order valence-corrected chi connectivity index (χ2v) is 5.77. The Morgan fingerprint density at radius 1 is 1.28 bits per heavy atom. The summed E-state index contributed by atoms with van der Waals surface area (Å²) in [6.45, 7) is 4.89. The highest BCUT2D eigenvalue weighted by molar-refractivity contribution is 7.99. The first-order valence-electron chi connectivity index (χ1n) is 6.00. The molecule has 0 aromatic carbocycles. The van der Waals surface area contributed by atoms with E-state index in [1.807, 2.05) is 13.8 Å². The fraction of sp³-hybridized carbons (Fsp3) is 0.818. The standard InChI is InChI=1S/C11H18N2O4S/c1-7-3-12(4-8(2)17-7)11(16)13-6-18-5-9(13)10(14)15/h7-9H,3-6H2,1-2H3,(H,14,15)/t7-,8+,9?. The van der Waals surface area contributed by atoms with Gasteiger partial charge in [-0.25, -0.2) is 9.59 Å². The number of morpholine rings is 1. The van der Waals surface area contributed by atoms with E-state index in [4.69, 9.17) is 9.84 Å². The minimum atomic E-state index is -0.928. The molecule has 2 amide bonds. The van der Waals surface area contributed by atoms with Gasteiger partial charge in [-0.2, -0.15) is 0 Å². The fourth-order valence-electron chi connectivity index (χ4n) is 2.35. The lowest BCUT2D eigenvalue weighted by atomic mass is 10.2. The number of rotatable bonds is 1. The number of hydrogen-bond acceptors (Lipinski definition) is 4. The Kier molecular flexibility index (Phi) is 4.01. The van der Waals surface area contributed by atoms with Crippen molar-refractivity contribution in [2.75, 3.05) is 24.7 Å². The molecule has 0 saturated carbocycles. The summed E-state index contributed by atoms with van der Waals surface area (Å²) in [7, 11) is 0. The van der Waals surface area contributed by atoms with Crippen LogP contribution in [-0.4, -0.2) is 69.9 Å². The average molecular weight is 274 g/mol. The van der Waals surface area contributed by atoms with Crippen molar-refractivity contribution in [3.63, 3.8) is 0 Å². The molecular formula is C11H18N2O4S. The highest BCUT2D eigenvalue weighted by atomic mass is 32.2. The lowest BCUT2D eigenvalue weighted by Crippen LogP contribution is -2.55. The van der Waals surface area contributed by atoms with E-state index in [0.29, 0.717) is 24.7 Å². The summed E-state index contributed by atoms with van der Waals surface area (Å²) in [5.41, 5.74) is 0. The number of amides is 2. The topological polar surface area (TPSA) is 70.1 Å². The van der Waals surface area contributed by atoms with Crippen molar-refractivity contribution < 1.29 is 19.4 Å². The van der Waals surface area contributed by atoms with Crippen LogP contribution in [0.1, 0.15) is 13.8 Å². The maximum absolute atomic E-state index is 12.3. The van der Waals surface area contributed by atoms with E-state index >= 15 is 0 Å². The zero-order chi connectivity index (χ0) is 13.3. The maximum Gasteiger partial charge on any atom is 0.327 e. The van der Waals surface area contributed by atoms with Gasteiger partial charge in [-0.3, -0.25) is 0 Å². The lowest BCUT2D eigenvalue weighted by molar-refractivity contribution is -0.141. The first-order chi connectivity index (χ1) is 8.49. The van der Waals surface area contributed by atoms with E-state index in [2.05, 4.69) is 0 Å². The number of thioether (sulfide) groups is 1. The van der Waals surface area contributed by atoms with Gasteiger partial charge in [-0.05, 0) is 13.8 Å². The third kappa shape index (κ3) is 2.72. The molecule has 2 saturated heterocycles. The van der Waals surface area contributed by atoms with Gasteiger partial charge in [0.15, 0.2) is 0 Å². The van der Waals surface area contributed by atoms with Gasteiger partial charge in [0.2, 0.25) is 0 Å². The Labute approximate surface area is 110 Å². The molecule has 1 unspecified atom stereocenters. The quantitative estimate of drug-likeness (QED) is 0.761. The molecule has 6 nitrogen and oxygen atoms in total. The molecule has 3 atom stereocenters. The number of ether oxygens (including phenoxy) is 1. The minimum absolute atomic E-state index is 0.00349. The number of nitrogens with zero attached hydrogens (tertiary/aromatic N) is 2. The number of urea groups is 1. The molecule has 0 radical (unpaired) electrons. The smallest absolute Gasteiger partial charge is 0.327 e. The molecule has 2 aliphatic rings. The van der Waals surface area contributed by atoms with Crippen molar-refractivity contribution in [2.45, 2.75) is 32.1 Å². The molecule has 2 aliphatic heterocycles. The molecule has 2 heterocycles. The van der Waals surface area contributed by atoms with E-state index in [0.717, 1.165) is 0 Å². The van der Waals surface area contributed by atoms with Gasteiger partial charge in [0, 0.05) is 18.8 Å². The van der Waals surface area contributed by atoms with Crippen molar-refractivity contribution in [3.8, 4) is 0 Å². The average Bonchev–Trinajstić information content (AvgIpc) is 2.75. The van der Waals surface area contributed by atoms with E-state index < -0.39 is 12.0 Å². The molecule has 2 fully saturated rings. The van der Waals surface area contributed by atoms with Crippen molar-refractivity contribution in [2.24, 2.45) is 0 Å². The number of carboxylic acid groups (broad SMARTS) is 1. The Hall–Kier alpha value is -0.950. The van der Waals surface area contributed by atoms with Gasteiger partial charge in [-0.1, -0.05) is 0 Å². The summed E-state index contributed by atoms with van der Waals surface area (Å²) in [5, 5.41) is 9.08. The van der Waals surface area contributed by atoms with Gasteiger partial charge < -0.3 is 19.6 Å². The molecule has 0 aromatic heterocycles. The van der Waals surface area contributed by atoms with Crippen LogP contribution in [-0.2, 0) is 9.53 Å². The maximum atomic E-state index is 12.3. The molecule has 0 bridgehead atoms. The van der Waals surface area contributed by atoms with Crippen LogP contribution in [0.4, 0.5) is 4.79 Å². The van der Waals surface area contributed by atoms with Crippen LogP contribution in [0.15, 0.2) is 0 Å². The molecule has 0 aliphatic carbocycles. The normalized spacial score (nSPS) is 32.7. The predicted octanol–water partition coefficient (Wildman–Crippen LogP) is 0.675. The lowest BCUT2D eigenvalue weighted by Gasteiger charge is -2.37. The molecule has 18 heavy (non-hydrogen) atoms. The summed E-state index contributed by atoms with van der Waals surface area (Å²) >= 11 is 1.48. The van der Waals surface area contributed by atoms with Crippen molar-refractivity contribution in [1.29, 1.82) is 0 Å². The van der Waals surface area contributed by atoms with Crippen LogP contribution in [0, 0.1) is 0 Å². The number of carbonyl (C=O) groups is 2. The van der Waals surface area contributed by atoms with Gasteiger partial charge in [0.25, 0.3) is 0 Å². The molecule has 2 rings (SSSR count). The van der Waals surface area contributed by atoms with Crippen LogP contribution >= 0.6 is 11.8 Å². The highest BCUT2D eigenvalue weighted by Gasteiger charge is 2.38. The number of aliphatic carboxylic acids is 1. The molecular weight excluding hydrogens is 256 g/mol. The van der Waals surface area contributed by atoms with Crippen molar-refractivity contribution in [3.05, 3.63) is 0 Å². The number of carboxylic acids is 1. The second-order valence-electron chi connectivity index (χ2n) is 4.77. The first kappa shape index (κ1) is 13.5. The Morgan fingerprint density at radius 3 is 2.44 bits per heavy atom. The van der Waals surface area contributed by atoms with Crippen LogP contribution in [0.5, 0.6) is 0 Å². The van der Waals surface area contributed by atoms with E-state index in [1.54, 1.807) is 4.90 Å². The second kappa shape index (κ2) is 5.36. The van der Waals surface area contributed by atoms with Gasteiger partial charge in [0.05, 0.1) is 18.1 Å². The largest absolute Gasteiger partial charge is 0.480 e. The van der Waals surface area contributed by atoms with Crippen LogP contribution in [0.3, 0.4) is 0 Å². The van der Waals surface area contributed by atoms with Crippen LogP contribution < -0.4 is 0 Å². The number of carbonyl (C=O) groups excluding carboxylic acids is 1. The highest BCUT2D eigenvalue weighted by Crippen LogP contribution is 2.24. The first-order valence-corrected chi connectivity index (χ1v) is 7.16. The Bertz CT molecular complexity index is 342. The van der Waals surface area contributed by atoms with E-state index in [1.165, 1.54) is 16.7 Å². The Morgan fingerprint density at radius 2 is 1.89 bits per heavy atom. The summed E-state index contributed by atoms with van der Waals surface area (Å²) in [6, 6.07) is -0.884. The molecule has 1 N–H and O–H groups in total. The number of hydrogen-bond donors (Lipinski definition) is 1. The summed E-state index contributed by atoms with van der Waals surface area (Å²) in [6.07, 6.45) is -0.00697.